The maximum atomic E-state index is 12.3. The van der Waals surface area contributed by atoms with E-state index in [4.69, 9.17) is 4.74 Å². The lowest BCUT2D eigenvalue weighted by Crippen LogP contribution is -2.21. The average Bonchev–Trinajstić information content (AvgIpc) is 2.61. The minimum Gasteiger partial charge on any atom is -0.494 e. The third kappa shape index (κ3) is 3.87. The monoisotopic (exact) mass is 322 g/mol. The zero-order valence-electron chi connectivity index (χ0n) is 14.6. The standard InChI is InChI=1S/C22H26O2/c1-3-14-24-20-11-9-18(10-12-20)17-5-7-19(8-6-17)21-13-4-16(2)15-22(21)23/h5-12,16,21H,3-4,13-15H2,1-2H3/t16-,21+/m1/s1. The van der Waals surface area contributed by atoms with Crippen molar-refractivity contribution in [1.29, 1.82) is 0 Å². The molecule has 0 saturated heterocycles. The van der Waals surface area contributed by atoms with E-state index in [0.29, 0.717) is 11.7 Å². The summed E-state index contributed by atoms with van der Waals surface area (Å²) in [6, 6.07) is 16.7. The number of benzene rings is 2. The lowest BCUT2D eigenvalue weighted by Gasteiger charge is -2.25. The van der Waals surface area contributed by atoms with Crippen LogP contribution in [0.2, 0.25) is 0 Å². The highest BCUT2D eigenvalue weighted by Gasteiger charge is 2.27. The molecule has 1 aliphatic rings. The van der Waals surface area contributed by atoms with Crippen LogP contribution < -0.4 is 4.74 Å². The minimum absolute atomic E-state index is 0.0973. The van der Waals surface area contributed by atoms with Gasteiger partial charge >= 0.3 is 0 Å². The first-order valence-corrected chi connectivity index (χ1v) is 9.03. The number of carbonyl (C=O) groups is 1. The van der Waals surface area contributed by atoms with Gasteiger partial charge in [-0.25, -0.2) is 0 Å². The van der Waals surface area contributed by atoms with E-state index in [1.165, 1.54) is 16.7 Å². The smallest absolute Gasteiger partial charge is 0.140 e. The number of rotatable bonds is 5. The Morgan fingerprint density at radius 1 is 0.958 bits per heavy atom. The SMILES string of the molecule is CCCOc1ccc(-c2ccc([C@@H]3CC[C@@H](C)CC3=O)cc2)cc1. The van der Waals surface area contributed by atoms with Gasteiger partial charge in [-0.2, -0.15) is 0 Å². The molecule has 2 heteroatoms. The summed E-state index contributed by atoms with van der Waals surface area (Å²) in [6.07, 6.45) is 3.88. The summed E-state index contributed by atoms with van der Waals surface area (Å²) in [5.74, 6) is 1.96. The van der Waals surface area contributed by atoms with E-state index in [1.807, 2.05) is 12.1 Å². The molecule has 0 aliphatic heterocycles. The summed E-state index contributed by atoms with van der Waals surface area (Å²) in [6.45, 7) is 5.03. The van der Waals surface area contributed by atoms with Crippen molar-refractivity contribution in [2.24, 2.45) is 5.92 Å². The molecule has 0 unspecified atom stereocenters. The molecule has 3 rings (SSSR count). The van der Waals surface area contributed by atoms with Gasteiger partial charge in [0, 0.05) is 12.3 Å². The predicted octanol–water partition coefficient (Wildman–Crippen LogP) is 5.62. The number of carbonyl (C=O) groups excluding carboxylic acids is 1. The van der Waals surface area contributed by atoms with E-state index in [-0.39, 0.29) is 5.92 Å². The topological polar surface area (TPSA) is 26.3 Å². The molecule has 0 radical (unpaired) electrons. The molecule has 0 amide bonds. The van der Waals surface area contributed by atoms with Crippen LogP contribution in [0.5, 0.6) is 5.75 Å². The average molecular weight is 322 g/mol. The van der Waals surface area contributed by atoms with Crippen molar-refractivity contribution in [2.75, 3.05) is 6.61 Å². The molecule has 1 aliphatic carbocycles. The van der Waals surface area contributed by atoms with Crippen molar-refractivity contribution in [3.8, 4) is 16.9 Å². The van der Waals surface area contributed by atoms with Crippen LogP contribution in [-0.4, -0.2) is 12.4 Å². The summed E-state index contributed by atoms with van der Waals surface area (Å²) < 4.78 is 5.63. The Balaban J connectivity index is 1.71. The van der Waals surface area contributed by atoms with Crippen LogP contribution in [0.25, 0.3) is 11.1 Å². The van der Waals surface area contributed by atoms with Gasteiger partial charge in [-0.05, 0) is 54.0 Å². The Kier molecular flexibility index (Phi) is 5.34. The van der Waals surface area contributed by atoms with E-state index in [2.05, 4.69) is 50.2 Å². The fourth-order valence-corrected chi connectivity index (χ4v) is 3.42. The summed E-state index contributed by atoms with van der Waals surface area (Å²) >= 11 is 0. The molecule has 126 valence electrons. The first kappa shape index (κ1) is 16.8. The quantitative estimate of drug-likeness (QED) is 0.714. The van der Waals surface area contributed by atoms with E-state index >= 15 is 0 Å². The van der Waals surface area contributed by atoms with Gasteiger partial charge in [-0.15, -0.1) is 0 Å². The van der Waals surface area contributed by atoms with Crippen LogP contribution in [0.1, 0.15) is 51.0 Å². The van der Waals surface area contributed by atoms with Gasteiger partial charge < -0.3 is 4.74 Å². The van der Waals surface area contributed by atoms with Crippen molar-refractivity contribution in [3.05, 3.63) is 54.1 Å². The Morgan fingerprint density at radius 2 is 1.58 bits per heavy atom. The zero-order chi connectivity index (χ0) is 16.9. The van der Waals surface area contributed by atoms with E-state index in [9.17, 15) is 4.79 Å². The molecule has 1 fully saturated rings. The largest absolute Gasteiger partial charge is 0.494 e. The Morgan fingerprint density at radius 3 is 2.17 bits per heavy atom. The molecule has 2 aromatic carbocycles. The van der Waals surface area contributed by atoms with Crippen LogP contribution in [-0.2, 0) is 4.79 Å². The molecule has 24 heavy (non-hydrogen) atoms. The first-order valence-electron chi connectivity index (χ1n) is 9.03. The maximum Gasteiger partial charge on any atom is 0.140 e. The van der Waals surface area contributed by atoms with Gasteiger partial charge in [0.25, 0.3) is 0 Å². The summed E-state index contributed by atoms with van der Waals surface area (Å²) in [4.78, 5) is 12.3. The van der Waals surface area contributed by atoms with Gasteiger partial charge in [-0.1, -0.05) is 50.2 Å². The second-order valence-corrected chi connectivity index (χ2v) is 6.90. The van der Waals surface area contributed by atoms with E-state index in [0.717, 1.165) is 38.0 Å². The number of ether oxygens (including phenoxy) is 1. The van der Waals surface area contributed by atoms with Crippen molar-refractivity contribution in [2.45, 2.75) is 45.4 Å². The Hall–Kier alpha value is -2.09. The van der Waals surface area contributed by atoms with E-state index in [1.54, 1.807) is 0 Å². The normalized spacial score (nSPS) is 20.8. The highest BCUT2D eigenvalue weighted by molar-refractivity contribution is 5.86. The second kappa shape index (κ2) is 7.65. The number of Topliss-reactive ketones (excluding diaryl/α,β-unsaturated/α-hetero) is 1. The van der Waals surface area contributed by atoms with Gasteiger partial charge in [0.15, 0.2) is 0 Å². The number of hydrogen-bond acceptors (Lipinski definition) is 2. The molecule has 0 spiro atoms. The Labute approximate surface area is 144 Å². The molecule has 0 bridgehead atoms. The van der Waals surface area contributed by atoms with Gasteiger partial charge in [-0.3, -0.25) is 4.79 Å². The second-order valence-electron chi connectivity index (χ2n) is 6.90. The molecule has 2 aromatic rings. The molecular formula is C22H26O2. The van der Waals surface area contributed by atoms with Crippen LogP contribution in [0.3, 0.4) is 0 Å². The fourth-order valence-electron chi connectivity index (χ4n) is 3.42. The lowest BCUT2D eigenvalue weighted by molar-refractivity contribution is -0.123. The van der Waals surface area contributed by atoms with Crippen LogP contribution in [0.4, 0.5) is 0 Å². The van der Waals surface area contributed by atoms with Crippen LogP contribution in [0.15, 0.2) is 48.5 Å². The molecule has 0 N–H and O–H groups in total. The predicted molar refractivity (Wildman–Crippen MR) is 98.4 cm³/mol. The Bertz CT molecular complexity index is 670. The highest BCUT2D eigenvalue weighted by Crippen LogP contribution is 2.34. The van der Waals surface area contributed by atoms with Crippen LogP contribution >= 0.6 is 0 Å². The maximum absolute atomic E-state index is 12.3. The summed E-state index contributed by atoms with van der Waals surface area (Å²) in [7, 11) is 0. The fraction of sp³-hybridized carbons (Fsp3) is 0.409. The molecule has 0 heterocycles. The van der Waals surface area contributed by atoms with Crippen LogP contribution in [0, 0.1) is 5.92 Å². The van der Waals surface area contributed by atoms with Crippen molar-refractivity contribution in [1.82, 2.24) is 0 Å². The van der Waals surface area contributed by atoms with Crippen molar-refractivity contribution < 1.29 is 9.53 Å². The molecule has 2 nitrogen and oxygen atoms in total. The zero-order valence-corrected chi connectivity index (χ0v) is 14.6. The van der Waals surface area contributed by atoms with Gasteiger partial charge in [0.2, 0.25) is 0 Å². The summed E-state index contributed by atoms with van der Waals surface area (Å²) in [5.41, 5.74) is 3.52. The number of hydrogen-bond donors (Lipinski definition) is 0. The lowest BCUT2D eigenvalue weighted by atomic mass is 9.78. The van der Waals surface area contributed by atoms with Gasteiger partial charge in [0.1, 0.15) is 11.5 Å². The van der Waals surface area contributed by atoms with E-state index < -0.39 is 0 Å². The minimum atomic E-state index is 0.0973. The highest BCUT2D eigenvalue weighted by atomic mass is 16.5. The first-order chi connectivity index (χ1) is 11.7. The third-order valence-electron chi connectivity index (χ3n) is 4.86. The molecule has 2 atom stereocenters. The number of ketones is 1. The van der Waals surface area contributed by atoms with Crippen molar-refractivity contribution >= 4 is 5.78 Å². The summed E-state index contributed by atoms with van der Waals surface area (Å²) in [5, 5.41) is 0. The third-order valence-corrected chi connectivity index (χ3v) is 4.86. The molecular weight excluding hydrogens is 296 g/mol. The molecule has 1 saturated carbocycles. The van der Waals surface area contributed by atoms with Crippen molar-refractivity contribution in [3.63, 3.8) is 0 Å². The van der Waals surface area contributed by atoms with Gasteiger partial charge in [0.05, 0.1) is 6.61 Å². The molecule has 0 aromatic heterocycles.